The highest BCUT2D eigenvalue weighted by atomic mass is 32.2. The van der Waals surface area contributed by atoms with E-state index in [1.54, 1.807) is 7.05 Å². The fourth-order valence-electron chi connectivity index (χ4n) is 2.05. The Morgan fingerprint density at radius 2 is 2.22 bits per heavy atom. The van der Waals surface area contributed by atoms with Gasteiger partial charge in [0.05, 0.1) is 11.8 Å². The molecule has 0 aliphatic carbocycles. The van der Waals surface area contributed by atoms with Crippen molar-refractivity contribution >= 4 is 34.1 Å². The number of rotatable bonds is 6. The van der Waals surface area contributed by atoms with E-state index >= 15 is 0 Å². The Labute approximate surface area is 141 Å². The summed E-state index contributed by atoms with van der Waals surface area (Å²) in [4.78, 5) is 12.1. The van der Waals surface area contributed by atoms with Gasteiger partial charge in [-0.05, 0) is 24.6 Å². The zero-order chi connectivity index (χ0) is 16.2. The van der Waals surface area contributed by atoms with Crippen molar-refractivity contribution in [1.82, 2.24) is 15.5 Å². The van der Waals surface area contributed by atoms with Crippen LogP contribution in [0, 0.1) is 0 Å². The van der Waals surface area contributed by atoms with Gasteiger partial charge in [0.2, 0.25) is 17.8 Å². The van der Waals surface area contributed by atoms with Gasteiger partial charge in [-0.2, -0.15) is 0 Å². The van der Waals surface area contributed by atoms with E-state index in [9.17, 15) is 4.79 Å². The maximum atomic E-state index is 12.1. The van der Waals surface area contributed by atoms with Crippen LogP contribution in [0.1, 0.15) is 18.5 Å². The molecule has 3 rings (SSSR count). The Morgan fingerprint density at radius 3 is 3.00 bits per heavy atom. The van der Waals surface area contributed by atoms with Crippen LogP contribution in [0.25, 0.3) is 0 Å². The van der Waals surface area contributed by atoms with Gasteiger partial charge in [-0.15, -0.1) is 10.2 Å². The Hall–Kier alpha value is -2.00. The number of ether oxygens (including phenoxy) is 2. The Balaban J connectivity index is 1.52. The molecule has 0 bridgehead atoms. The molecule has 0 unspecified atom stereocenters. The van der Waals surface area contributed by atoms with Crippen LogP contribution in [0.4, 0.5) is 5.13 Å². The van der Waals surface area contributed by atoms with Crippen molar-refractivity contribution in [2.75, 3.05) is 24.9 Å². The smallest absolute Gasteiger partial charge is 0.231 e. The van der Waals surface area contributed by atoms with E-state index in [1.165, 1.54) is 23.1 Å². The van der Waals surface area contributed by atoms with Gasteiger partial charge in [-0.25, -0.2) is 0 Å². The monoisotopic (exact) mass is 352 g/mol. The minimum atomic E-state index is -0.111. The van der Waals surface area contributed by atoms with Crippen molar-refractivity contribution in [3.8, 4) is 11.5 Å². The predicted molar refractivity (Wildman–Crippen MR) is 89.3 cm³/mol. The van der Waals surface area contributed by atoms with E-state index in [0.29, 0.717) is 11.5 Å². The summed E-state index contributed by atoms with van der Waals surface area (Å²) in [6, 6.07) is 5.56. The van der Waals surface area contributed by atoms with Gasteiger partial charge in [-0.1, -0.05) is 29.2 Å². The molecule has 0 saturated carbocycles. The lowest BCUT2D eigenvalue weighted by atomic mass is 10.1. The first-order valence-electron chi connectivity index (χ1n) is 6.98. The topological polar surface area (TPSA) is 85.4 Å². The highest BCUT2D eigenvalue weighted by Crippen LogP contribution is 2.34. The van der Waals surface area contributed by atoms with Crippen molar-refractivity contribution in [3.63, 3.8) is 0 Å². The van der Waals surface area contributed by atoms with E-state index in [4.69, 9.17) is 9.47 Å². The molecule has 23 heavy (non-hydrogen) atoms. The first-order valence-corrected chi connectivity index (χ1v) is 8.79. The number of carbonyl (C=O) groups excluding carboxylic acids is 1. The van der Waals surface area contributed by atoms with E-state index < -0.39 is 0 Å². The van der Waals surface area contributed by atoms with Gasteiger partial charge in [0, 0.05) is 7.05 Å². The fraction of sp³-hybridized carbons (Fsp3) is 0.357. The molecule has 1 aliphatic heterocycles. The Bertz CT molecular complexity index is 707. The second-order valence-electron chi connectivity index (χ2n) is 4.81. The van der Waals surface area contributed by atoms with Crippen LogP contribution in [0.5, 0.6) is 11.5 Å². The number of carbonyl (C=O) groups is 1. The summed E-state index contributed by atoms with van der Waals surface area (Å²) in [5, 5.41) is 14.5. The number of anilines is 1. The summed E-state index contributed by atoms with van der Waals surface area (Å²) in [5.41, 5.74) is 0.973. The average Bonchev–Trinajstić information content (AvgIpc) is 3.20. The highest BCUT2D eigenvalue weighted by molar-refractivity contribution is 8.01. The molecule has 2 heterocycles. The quantitative estimate of drug-likeness (QED) is 0.771. The summed E-state index contributed by atoms with van der Waals surface area (Å²) < 4.78 is 11.4. The lowest BCUT2D eigenvalue weighted by molar-refractivity contribution is -0.119. The number of hydrogen-bond donors (Lipinski definition) is 2. The van der Waals surface area contributed by atoms with Gasteiger partial charge in [-0.3, -0.25) is 4.79 Å². The molecular weight excluding hydrogens is 336 g/mol. The van der Waals surface area contributed by atoms with Gasteiger partial charge in [0.25, 0.3) is 0 Å². The molecule has 2 aromatic rings. The van der Waals surface area contributed by atoms with Crippen molar-refractivity contribution in [2.24, 2.45) is 0 Å². The van der Waals surface area contributed by atoms with Crippen LogP contribution in [0.3, 0.4) is 0 Å². The van der Waals surface area contributed by atoms with Gasteiger partial charge >= 0.3 is 0 Å². The van der Waals surface area contributed by atoms with Crippen LogP contribution in [-0.2, 0) is 4.79 Å². The first-order chi connectivity index (χ1) is 11.2. The minimum Gasteiger partial charge on any atom is -0.454 e. The zero-order valence-electron chi connectivity index (χ0n) is 12.7. The maximum absolute atomic E-state index is 12.1. The van der Waals surface area contributed by atoms with E-state index in [1.807, 2.05) is 25.1 Å². The van der Waals surface area contributed by atoms with E-state index in [-0.39, 0.29) is 18.7 Å². The standard InChI is InChI=1S/C14H16N4O3S2/c1-8(9-3-4-10-11(5-9)21-7-20-10)16-12(19)6-22-14-18-17-13(15-2)23-14/h3-5,8H,6-7H2,1-2H3,(H,15,17)(H,16,19)/t8-/m1/s1. The van der Waals surface area contributed by atoms with Crippen LogP contribution in [-0.4, -0.2) is 35.7 Å². The number of thioether (sulfide) groups is 1. The molecule has 0 saturated heterocycles. The second-order valence-corrected chi connectivity index (χ2v) is 7.01. The average molecular weight is 352 g/mol. The van der Waals surface area contributed by atoms with Crippen molar-refractivity contribution in [2.45, 2.75) is 17.3 Å². The second kappa shape index (κ2) is 7.05. The largest absolute Gasteiger partial charge is 0.454 e. The summed E-state index contributed by atoms with van der Waals surface area (Å²) >= 11 is 2.79. The van der Waals surface area contributed by atoms with Gasteiger partial charge in [0.1, 0.15) is 0 Å². The molecule has 122 valence electrons. The van der Waals surface area contributed by atoms with Crippen molar-refractivity contribution in [3.05, 3.63) is 23.8 Å². The van der Waals surface area contributed by atoms with Gasteiger partial charge < -0.3 is 20.1 Å². The Morgan fingerprint density at radius 1 is 1.39 bits per heavy atom. The van der Waals surface area contributed by atoms with Crippen molar-refractivity contribution < 1.29 is 14.3 Å². The van der Waals surface area contributed by atoms with Crippen molar-refractivity contribution in [1.29, 1.82) is 0 Å². The lowest BCUT2D eigenvalue weighted by Gasteiger charge is -2.14. The third kappa shape index (κ3) is 3.85. The van der Waals surface area contributed by atoms with E-state index in [2.05, 4.69) is 20.8 Å². The fourth-order valence-corrected chi connectivity index (χ4v) is 3.56. The molecule has 7 nitrogen and oxygen atoms in total. The maximum Gasteiger partial charge on any atom is 0.231 e. The summed E-state index contributed by atoms with van der Waals surface area (Å²) in [6.07, 6.45) is 0. The van der Waals surface area contributed by atoms with E-state index in [0.717, 1.165) is 20.8 Å². The number of amides is 1. The van der Waals surface area contributed by atoms with Crippen LogP contribution >= 0.6 is 23.1 Å². The number of aromatic nitrogens is 2. The molecule has 2 N–H and O–H groups in total. The predicted octanol–water partition coefficient (Wildman–Crippen LogP) is 2.28. The molecule has 0 radical (unpaired) electrons. The number of hydrogen-bond acceptors (Lipinski definition) is 8. The number of nitrogens with zero attached hydrogens (tertiary/aromatic N) is 2. The number of benzene rings is 1. The van der Waals surface area contributed by atoms with Crippen LogP contribution < -0.4 is 20.1 Å². The van der Waals surface area contributed by atoms with Crippen LogP contribution in [0.2, 0.25) is 0 Å². The highest BCUT2D eigenvalue weighted by Gasteiger charge is 2.17. The molecule has 1 aromatic carbocycles. The summed E-state index contributed by atoms with van der Waals surface area (Å²) in [6.45, 7) is 2.18. The number of nitrogens with one attached hydrogen (secondary N) is 2. The molecule has 1 amide bonds. The molecule has 1 atom stereocenters. The molecule has 1 aromatic heterocycles. The Kier molecular flexibility index (Phi) is 4.87. The van der Waals surface area contributed by atoms with Crippen LogP contribution in [0.15, 0.2) is 22.5 Å². The normalized spacial score (nSPS) is 13.7. The molecule has 9 heteroatoms. The SMILES string of the molecule is CNc1nnc(SCC(=O)N[C@H](C)c2ccc3c(c2)OCO3)s1. The minimum absolute atomic E-state index is 0.0543. The molecular formula is C14H16N4O3S2. The first kappa shape index (κ1) is 15.9. The molecule has 1 aliphatic rings. The zero-order valence-corrected chi connectivity index (χ0v) is 14.3. The summed E-state index contributed by atoms with van der Waals surface area (Å²) in [7, 11) is 1.79. The summed E-state index contributed by atoms with van der Waals surface area (Å²) in [5.74, 6) is 1.69. The molecule has 0 spiro atoms. The third-order valence-electron chi connectivity index (χ3n) is 3.22. The molecule has 0 fully saturated rings. The van der Waals surface area contributed by atoms with Gasteiger partial charge in [0.15, 0.2) is 15.8 Å². The number of fused-ring (bicyclic) bond motifs is 1. The third-order valence-corrected chi connectivity index (χ3v) is 5.30. The lowest BCUT2D eigenvalue weighted by Crippen LogP contribution is -2.28.